The molecule has 0 aliphatic heterocycles. The summed E-state index contributed by atoms with van der Waals surface area (Å²) in [7, 11) is 1.74. The summed E-state index contributed by atoms with van der Waals surface area (Å²) in [5.41, 5.74) is 2.53. The molecule has 0 radical (unpaired) electrons. The third-order valence-electron chi connectivity index (χ3n) is 2.84. The largest absolute Gasteiger partial charge is 0.385 e. The van der Waals surface area contributed by atoms with Crippen LogP contribution in [0.25, 0.3) is 0 Å². The summed E-state index contributed by atoms with van der Waals surface area (Å²) in [6.45, 7) is 8.10. The Morgan fingerprint density at radius 3 is 2.76 bits per heavy atom. The predicted octanol–water partition coefficient (Wildman–Crippen LogP) is 1.63. The topological polar surface area (TPSA) is 39.1 Å². The number of ether oxygens (including phenoxy) is 1. The molecule has 1 aromatic rings. The summed E-state index contributed by atoms with van der Waals surface area (Å²) >= 11 is 0. The molecule has 4 nitrogen and oxygen atoms in total. The van der Waals surface area contributed by atoms with Gasteiger partial charge in [0.25, 0.3) is 0 Å². The van der Waals surface area contributed by atoms with Crippen LogP contribution in [0.3, 0.4) is 0 Å². The lowest BCUT2D eigenvalue weighted by molar-refractivity contribution is 0.194. The van der Waals surface area contributed by atoms with Crippen LogP contribution in [0.5, 0.6) is 0 Å². The predicted molar refractivity (Wildman–Crippen MR) is 70.3 cm³/mol. The minimum absolute atomic E-state index is 0.828. The van der Waals surface area contributed by atoms with Gasteiger partial charge in [-0.3, -0.25) is 4.68 Å². The van der Waals surface area contributed by atoms with E-state index in [1.807, 2.05) is 0 Å². The molecule has 1 aromatic heterocycles. The van der Waals surface area contributed by atoms with Gasteiger partial charge in [-0.15, -0.1) is 0 Å². The summed E-state index contributed by atoms with van der Waals surface area (Å²) in [6, 6.07) is 2.21. The fraction of sp³-hybridized carbons (Fsp3) is 0.769. The zero-order chi connectivity index (χ0) is 12.5. The van der Waals surface area contributed by atoms with Crippen LogP contribution >= 0.6 is 0 Å². The Kier molecular flexibility index (Phi) is 6.89. The monoisotopic (exact) mass is 239 g/mol. The Morgan fingerprint density at radius 2 is 2.12 bits per heavy atom. The van der Waals surface area contributed by atoms with Gasteiger partial charge in [0.15, 0.2) is 0 Å². The van der Waals surface area contributed by atoms with E-state index in [1.54, 1.807) is 7.11 Å². The molecule has 0 unspecified atom stereocenters. The number of aromatic nitrogens is 2. The maximum atomic E-state index is 5.00. The van der Waals surface area contributed by atoms with Crippen molar-refractivity contribution in [1.82, 2.24) is 15.1 Å². The molecule has 1 N–H and O–H groups in total. The summed E-state index contributed by atoms with van der Waals surface area (Å²) in [6.07, 6.45) is 3.13. The molecule has 0 amide bonds. The molecule has 0 fully saturated rings. The lowest BCUT2D eigenvalue weighted by Gasteiger charge is -2.07. The molecule has 0 bridgehead atoms. The average molecular weight is 239 g/mol. The zero-order valence-electron chi connectivity index (χ0n) is 11.3. The highest BCUT2D eigenvalue weighted by Crippen LogP contribution is 2.05. The van der Waals surface area contributed by atoms with Crippen molar-refractivity contribution < 1.29 is 4.74 Å². The van der Waals surface area contributed by atoms with E-state index < -0.39 is 0 Å². The number of methoxy groups -OCH3 is 1. The molecular weight excluding hydrogens is 214 g/mol. The van der Waals surface area contributed by atoms with Crippen LogP contribution < -0.4 is 5.32 Å². The van der Waals surface area contributed by atoms with Crippen molar-refractivity contribution in [2.75, 3.05) is 26.8 Å². The highest BCUT2D eigenvalue weighted by atomic mass is 16.5. The van der Waals surface area contributed by atoms with Crippen LogP contribution in [0.4, 0.5) is 0 Å². The van der Waals surface area contributed by atoms with E-state index in [-0.39, 0.29) is 0 Å². The van der Waals surface area contributed by atoms with Gasteiger partial charge in [0.1, 0.15) is 0 Å². The van der Waals surface area contributed by atoms with E-state index in [0.29, 0.717) is 0 Å². The number of nitrogens with zero attached hydrogens (tertiary/aromatic N) is 2. The Balaban J connectivity index is 2.28. The van der Waals surface area contributed by atoms with Crippen molar-refractivity contribution >= 4 is 0 Å². The number of aryl methyl sites for hydroxylation is 2. The normalized spacial score (nSPS) is 11.0. The number of rotatable bonds is 9. The van der Waals surface area contributed by atoms with E-state index in [0.717, 1.165) is 45.5 Å². The second-order valence-electron chi connectivity index (χ2n) is 4.15. The smallest absolute Gasteiger partial charge is 0.0624 e. The maximum Gasteiger partial charge on any atom is 0.0624 e. The third kappa shape index (κ3) is 4.88. The van der Waals surface area contributed by atoms with E-state index in [9.17, 15) is 0 Å². The van der Waals surface area contributed by atoms with Crippen LogP contribution in [0, 0.1) is 0 Å². The van der Waals surface area contributed by atoms with Gasteiger partial charge in [-0.05, 0) is 31.9 Å². The first-order chi connectivity index (χ1) is 8.31. The molecule has 0 aliphatic rings. The molecule has 98 valence electrons. The second-order valence-corrected chi connectivity index (χ2v) is 4.15. The standard InChI is InChI=1S/C13H25N3O/c1-4-12-11-13(5-2)16(15-12)9-8-14-7-6-10-17-3/h11,14H,4-10H2,1-3H3. The molecule has 0 atom stereocenters. The molecule has 1 heterocycles. The van der Waals surface area contributed by atoms with E-state index in [2.05, 4.69) is 35.0 Å². The lowest BCUT2D eigenvalue weighted by atomic mass is 10.2. The first-order valence-electron chi connectivity index (χ1n) is 6.57. The number of hydrogen-bond acceptors (Lipinski definition) is 3. The highest BCUT2D eigenvalue weighted by molar-refractivity contribution is 5.10. The lowest BCUT2D eigenvalue weighted by Crippen LogP contribution is -2.23. The van der Waals surface area contributed by atoms with Gasteiger partial charge in [-0.1, -0.05) is 13.8 Å². The van der Waals surface area contributed by atoms with Crippen molar-refractivity contribution in [2.45, 2.75) is 39.7 Å². The minimum atomic E-state index is 0.828. The highest BCUT2D eigenvalue weighted by Gasteiger charge is 2.04. The van der Waals surface area contributed by atoms with Gasteiger partial charge >= 0.3 is 0 Å². The molecule has 17 heavy (non-hydrogen) atoms. The Bertz CT molecular complexity index is 310. The summed E-state index contributed by atoms with van der Waals surface area (Å²) in [5.74, 6) is 0. The van der Waals surface area contributed by atoms with Crippen LogP contribution in [0.1, 0.15) is 31.7 Å². The van der Waals surface area contributed by atoms with Crippen molar-refractivity contribution in [2.24, 2.45) is 0 Å². The van der Waals surface area contributed by atoms with Crippen LogP contribution in [-0.4, -0.2) is 36.6 Å². The first kappa shape index (κ1) is 14.2. The van der Waals surface area contributed by atoms with E-state index >= 15 is 0 Å². The van der Waals surface area contributed by atoms with Crippen molar-refractivity contribution in [3.8, 4) is 0 Å². The van der Waals surface area contributed by atoms with Crippen molar-refractivity contribution in [3.05, 3.63) is 17.5 Å². The van der Waals surface area contributed by atoms with E-state index in [1.165, 1.54) is 11.4 Å². The van der Waals surface area contributed by atoms with Crippen molar-refractivity contribution in [1.29, 1.82) is 0 Å². The summed E-state index contributed by atoms with van der Waals surface area (Å²) in [4.78, 5) is 0. The van der Waals surface area contributed by atoms with Gasteiger partial charge in [-0.25, -0.2) is 0 Å². The first-order valence-corrected chi connectivity index (χ1v) is 6.57. The van der Waals surface area contributed by atoms with Crippen LogP contribution in [0.15, 0.2) is 6.07 Å². The van der Waals surface area contributed by atoms with Gasteiger partial charge in [-0.2, -0.15) is 5.10 Å². The average Bonchev–Trinajstić information content (AvgIpc) is 2.76. The fourth-order valence-electron chi connectivity index (χ4n) is 1.82. The second kappa shape index (κ2) is 8.25. The Morgan fingerprint density at radius 1 is 1.29 bits per heavy atom. The van der Waals surface area contributed by atoms with Crippen molar-refractivity contribution in [3.63, 3.8) is 0 Å². The number of hydrogen-bond donors (Lipinski definition) is 1. The van der Waals surface area contributed by atoms with E-state index in [4.69, 9.17) is 4.74 Å². The Labute approximate surface area is 104 Å². The molecule has 0 saturated carbocycles. The molecule has 4 heteroatoms. The van der Waals surface area contributed by atoms with Gasteiger partial charge in [0.05, 0.1) is 12.2 Å². The van der Waals surface area contributed by atoms with Gasteiger partial charge in [0, 0.05) is 26.0 Å². The quantitative estimate of drug-likeness (QED) is 0.666. The summed E-state index contributed by atoms with van der Waals surface area (Å²) in [5, 5.41) is 7.99. The molecular formula is C13H25N3O. The minimum Gasteiger partial charge on any atom is -0.385 e. The Hall–Kier alpha value is -0.870. The third-order valence-corrected chi connectivity index (χ3v) is 2.84. The summed E-state index contributed by atoms with van der Waals surface area (Å²) < 4.78 is 7.13. The fourth-order valence-corrected chi connectivity index (χ4v) is 1.82. The molecule has 1 rings (SSSR count). The molecule has 0 spiro atoms. The van der Waals surface area contributed by atoms with Crippen LogP contribution in [-0.2, 0) is 24.1 Å². The molecule has 0 aliphatic carbocycles. The maximum absolute atomic E-state index is 5.00. The SMILES string of the molecule is CCc1cc(CC)n(CCNCCCOC)n1. The number of nitrogens with one attached hydrogen (secondary N) is 1. The van der Waals surface area contributed by atoms with Crippen LogP contribution in [0.2, 0.25) is 0 Å². The zero-order valence-corrected chi connectivity index (χ0v) is 11.3. The molecule has 0 saturated heterocycles. The van der Waals surface area contributed by atoms with Gasteiger partial charge < -0.3 is 10.1 Å². The van der Waals surface area contributed by atoms with Gasteiger partial charge in [0.2, 0.25) is 0 Å². The molecule has 0 aromatic carbocycles.